The Morgan fingerprint density at radius 1 is 1.62 bits per heavy atom. The molecule has 0 aromatic carbocycles. The average Bonchev–Trinajstić information content (AvgIpc) is 2.51. The van der Waals surface area contributed by atoms with Crippen LogP contribution in [0.25, 0.3) is 0 Å². The van der Waals surface area contributed by atoms with E-state index in [1.54, 1.807) is 10.9 Å². The van der Waals surface area contributed by atoms with E-state index < -0.39 is 10.8 Å². The molecule has 1 aromatic heterocycles. The minimum Gasteiger partial charge on any atom is -0.260 e. The summed E-state index contributed by atoms with van der Waals surface area (Å²) in [6, 6.07) is 0. The largest absolute Gasteiger partial charge is 0.260 e. The van der Waals surface area contributed by atoms with Crippen molar-refractivity contribution < 1.29 is 4.21 Å². The molecule has 7 heteroatoms. The molecule has 0 aliphatic carbocycles. The van der Waals surface area contributed by atoms with Gasteiger partial charge < -0.3 is 0 Å². The molecule has 1 unspecified atom stereocenters. The highest BCUT2D eigenvalue weighted by atomic mass is 35.5. The second kappa shape index (κ2) is 5.29. The van der Waals surface area contributed by atoms with E-state index in [-0.39, 0.29) is 0 Å². The van der Waals surface area contributed by atoms with E-state index in [4.69, 9.17) is 11.6 Å². The Labute approximate surface area is 83.9 Å². The van der Waals surface area contributed by atoms with Crippen molar-refractivity contribution in [3.8, 4) is 0 Å². The topological polar surface area (TPSA) is 60.7 Å². The van der Waals surface area contributed by atoms with Crippen LogP contribution in [0.4, 0.5) is 0 Å². The number of aryl methyl sites for hydroxylation is 1. The summed E-state index contributed by atoms with van der Waals surface area (Å²) in [6.07, 6.45) is 2.49. The maximum Gasteiger partial charge on any atom is 0.165 e. The molecular weight excluding hydrogens is 212 g/mol. The standard InChI is InChI=1S/C6H11ClN4OS/c1-13(12)4-2-3-11-6(5-7)8-9-10-11/h2-5H2,1H3. The molecule has 0 bridgehead atoms. The number of tetrazole rings is 1. The predicted molar refractivity (Wildman–Crippen MR) is 50.9 cm³/mol. The van der Waals surface area contributed by atoms with E-state index in [1.807, 2.05) is 0 Å². The highest BCUT2D eigenvalue weighted by molar-refractivity contribution is 7.84. The second-order valence-corrected chi connectivity index (χ2v) is 4.40. The van der Waals surface area contributed by atoms with Crippen LogP contribution in [0.15, 0.2) is 0 Å². The smallest absolute Gasteiger partial charge is 0.165 e. The summed E-state index contributed by atoms with van der Waals surface area (Å²) < 4.78 is 12.4. The van der Waals surface area contributed by atoms with Crippen LogP contribution in [0.3, 0.4) is 0 Å². The summed E-state index contributed by atoms with van der Waals surface area (Å²) in [4.78, 5) is 0. The molecule has 1 aromatic rings. The zero-order valence-electron chi connectivity index (χ0n) is 7.31. The molecular formula is C6H11ClN4OS. The summed E-state index contributed by atoms with van der Waals surface area (Å²) >= 11 is 5.59. The van der Waals surface area contributed by atoms with Crippen molar-refractivity contribution in [2.24, 2.45) is 0 Å². The van der Waals surface area contributed by atoms with Crippen LogP contribution in [0.1, 0.15) is 12.2 Å². The molecule has 1 atom stereocenters. The number of hydrogen-bond donors (Lipinski definition) is 0. The van der Waals surface area contributed by atoms with Crippen LogP contribution in [-0.4, -0.2) is 36.4 Å². The van der Waals surface area contributed by atoms with E-state index in [2.05, 4.69) is 15.5 Å². The van der Waals surface area contributed by atoms with E-state index in [0.717, 1.165) is 6.42 Å². The van der Waals surface area contributed by atoms with Crippen molar-refractivity contribution in [1.82, 2.24) is 20.2 Å². The zero-order valence-corrected chi connectivity index (χ0v) is 8.88. The SMILES string of the molecule is CS(=O)CCCn1nnnc1CCl. The Hall–Kier alpha value is -0.490. The number of aromatic nitrogens is 4. The van der Waals surface area contributed by atoms with Crippen LogP contribution in [-0.2, 0) is 23.2 Å². The third-order valence-corrected chi connectivity index (χ3v) is 2.63. The van der Waals surface area contributed by atoms with Gasteiger partial charge in [-0.25, -0.2) is 4.68 Å². The van der Waals surface area contributed by atoms with Crippen molar-refractivity contribution in [2.75, 3.05) is 12.0 Å². The molecule has 0 aliphatic heterocycles. The first-order valence-electron chi connectivity index (χ1n) is 3.85. The summed E-state index contributed by atoms with van der Waals surface area (Å²) in [6.45, 7) is 0.675. The van der Waals surface area contributed by atoms with Crippen molar-refractivity contribution in [3.05, 3.63) is 5.82 Å². The fourth-order valence-electron chi connectivity index (χ4n) is 0.910. The third kappa shape index (κ3) is 3.40. The normalized spacial score (nSPS) is 13.1. The van der Waals surface area contributed by atoms with Gasteiger partial charge in [0, 0.05) is 29.4 Å². The van der Waals surface area contributed by atoms with Crippen molar-refractivity contribution in [3.63, 3.8) is 0 Å². The van der Waals surface area contributed by atoms with Gasteiger partial charge in [0.15, 0.2) is 5.82 Å². The molecule has 1 rings (SSSR count). The van der Waals surface area contributed by atoms with Crippen LogP contribution in [0, 0.1) is 0 Å². The summed E-state index contributed by atoms with van der Waals surface area (Å²) in [5.41, 5.74) is 0. The number of alkyl halides is 1. The fourth-order valence-corrected chi connectivity index (χ4v) is 1.64. The van der Waals surface area contributed by atoms with Crippen LogP contribution >= 0.6 is 11.6 Å². The van der Waals surface area contributed by atoms with E-state index in [9.17, 15) is 4.21 Å². The van der Waals surface area contributed by atoms with Gasteiger partial charge in [-0.3, -0.25) is 4.21 Å². The van der Waals surface area contributed by atoms with Gasteiger partial charge in [-0.05, 0) is 16.8 Å². The molecule has 0 amide bonds. The molecule has 0 fully saturated rings. The molecule has 1 heterocycles. The van der Waals surface area contributed by atoms with Gasteiger partial charge in [-0.2, -0.15) is 0 Å². The Morgan fingerprint density at radius 2 is 2.38 bits per heavy atom. The number of hydrogen-bond acceptors (Lipinski definition) is 4. The summed E-state index contributed by atoms with van der Waals surface area (Å²) in [7, 11) is -0.751. The number of nitrogens with zero attached hydrogens (tertiary/aromatic N) is 4. The second-order valence-electron chi connectivity index (χ2n) is 2.58. The Balaban J connectivity index is 2.40. The minimum absolute atomic E-state index is 0.308. The lowest BCUT2D eigenvalue weighted by atomic mass is 10.5. The van der Waals surface area contributed by atoms with Crippen LogP contribution in [0.5, 0.6) is 0 Å². The zero-order chi connectivity index (χ0) is 9.68. The van der Waals surface area contributed by atoms with E-state index >= 15 is 0 Å². The van der Waals surface area contributed by atoms with Crippen LogP contribution in [0.2, 0.25) is 0 Å². The molecule has 0 aliphatic rings. The molecule has 5 nitrogen and oxygen atoms in total. The predicted octanol–water partition coefficient (Wildman–Crippen LogP) is 0.180. The van der Waals surface area contributed by atoms with E-state index in [0.29, 0.717) is 24.0 Å². The quantitative estimate of drug-likeness (QED) is 0.667. The molecule has 0 saturated carbocycles. The molecule has 13 heavy (non-hydrogen) atoms. The lowest BCUT2D eigenvalue weighted by Gasteiger charge is -2.00. The van der Waals surface area contributed by atoms with Gasteiger partial charge in [-0.15, -0.1) is 16.7 Å². The first-order chi connectivity index (χ1) is 6.24. The van der Waals surface area contributed by atoms with Gasteiger partial charge in [-0.1, -0.05) is 0 Å². The van der Waals surface area contributed by atoms with Crippen molar-refractivity contribution >= 4 is 22.4 Å². The van der Waals surface area contributed by atoms with Gasteiger partial charge in [0.1, 0.15) is 0 Å². The molecule has 0 N–H and O–H groups in total. The van der Waals surface area contributed by atoms with Gasteiger partial charge >= 0.3 is 0 Å². The van der Waals surface area contributed by atoms with Gasteiger partial charge in [0.05, 0.1) is 5.88 Å². The first kappa shape index (κ1) is 10.6. The lowest BCUT2D eigenvalue weighted by molar-refractivity contribution is 0.564. The van der Waals surface area contributed by atoms with Gasteiger partial charge in [0.2, 0.25) is 0 Å². The molecule has 74 valence electrons. The van der Waals surface area contributed by atoms with Crippen molar-refractivity contribution in [2.45, 2.75) is 18.8 Å². The maximum atomic E-state index is 10.8. The maximum absolute atomic E-state index is 10.8. The third-order valence-electron chi connectivity index (χ3n) is 1.53. The number of rotatable bonds is 5. The Kier molecular flexibility index (Phi) is 4.31. The van der Waals surface area contributed by atoms with Gasteiger partial charge in [0.25, 0.3) is 0 Å². The Bertz CT molecular complexity index is 290. The summed E-state index contributed by atoms with van der Waals surface area (Å²) in [5.74, 6) is 1.63. The minimum atomic E-state index is -0.751. The number of halogens is 1. The molecule has 0 spiro atoms. The monoisotopic (exact) mass is 222 g/mol. The average molecular weight is 223 g/mol. The van der Waals surface area contributed by atoms with E-state index in [1.165, 1.54) is 0 Å². The summed E-state index contributed by atoms with van der Waals surface area (Å²) in [5, 5.41) is 11.0. The van der Waals surface area contributed by atoms with Crippen molar-refractivity contribution in [1.29, 1.82) is 0 Å². The highest BCUT2D eigenvalue weighted by Gasteiger charge is 2.03. The highest BCUT2D eigenvalue weighted by Crippen LogP contribution is 1.98. The van der Waals surface area contributed by atoms with Crippen LogP contribution < -0.4 is 0 Å². The molecule has 0 radical (unpaired) electrons. The fraction of sp³-hybridized carbons (Fsp3) is 0.833. The lowest BCUT2D eigenvalue weighted by Crippen LogP contribution is -2.07. The first-order valence-corrected chi connectivity index (χ1v) is 6.11. The molecule has 0 saturated heterocycles. The Morgan fingerprint density at radius 3 is 3.00 bits per heavy atom.